The summed E-state index contributed by atoms with van der Waals surface area (Å²) in [5.74, 6) is -0.258. The standard InChI is InChI=1S/C18H24N2O5/c1-11(21)15-16(13-7-6-12(24-4)10-14(13)25-5)20(9-8-19(2)3)18(23)17(15)22/h6-7,10,16,22H,8-9H2,1-5H3/p+1/t16-/m1/s1. The van der Waals surface area contributed by atoms with E-state index in [9.17, 15) is 14.7 Å². The zero-order chi connectivity index (χ0) is 18.7. The van der Waals surface area contributed by atoms with E-state index in [1.807, 2.05) is 14.1 Å². The van der Waals surface area contributed by atoms with Gasteiger partial charge >= 0.3 is 0 Å². The van der Waals surface area contributed by atoms with Gasteiger partial charge in [0.25, 0.3) is 5.91 Å². The Morgan fingerprint density at radius 3 is 2.48 bits per heavy atom. The summed E-state index contributed by atoms with van der Waals surface area (Å²) in [6, 6.07) is 4.52. The highest BCUT2D eigenvalue weighted by Crippen LogP contribution is 2.42. The number of amides is 1. The molecule has 0 saturated heterocycles. The predicted molar refractivity (Wildman–Crippen MR) is 92.0 cm³/mol. The number of ether oxygens (including phenoxy) is 2. The Morgan fingerprint density at radius 1 is 1.28 bits per heavy atom. The third-order valence-corrected chi connectivity index (χ3v) is 4.27. The van der Waals surface area contributed by atoms with Crippen molar-refractivity contribution in [1.29, 1.82) is 0 Å². The largest absolute Gasteiger partial charge is 0.503 e. The van der Waals surface area contributed by atoms with Gasteiger partial charge in [0, 0.05) is 11.6 Å². The molecule has 0 aromatic heterocycles. The number of aliphatic hydroxyl groups is 1. The van der Waals surface area contributed by atoms with E-state index in [1.54, 1.807) is 25.3 Å². The first kappa shape index (κ1) is 18.8. The van der Waals surface area contributed by atoms with E-state index in [0.29, 0.717) is 30.2 Å². The highest BCUT2D eigenvalue weighted by atomic mass is 16.5. The molecule has 2 N–H and O–H groups in total. The smallest absolute Gasteiger partial charge is 0.290 e. The van der Waals surface area contributed by atoms with Gasteiger partial charge in [-0.15, -0.1) is 0 Å². The second-order valence-electron chi connectivity index (χ2n) is 6.28. The lowest BCUT2D eigenvalue weighted by Gasteiger charge is -2.28. The summed E-state index contributed by atoms with van der Waals surface area (Å²) in [7, 11) is 7.01. The van der Waals surface area contributed by atoms with Crippen LogP contribution in [0.2, 0.25) is 0 Å². The van der Waals surface area contributed by atoms with Crippen molar-refractivity contribution in [3.63, 3.8) is 0 Å². The van der Waals surface area contributed by atoms with Crippen molar-refractivity contribution >= 4 is 11.7 Å². The first-order valence-corrected chi connectivity index (χ1v) is 8.07. The first-order chi connectivity index (χ1) is 11.8. The normalized spacial score (nSPS) is 17.4. The Kier molecular flexibility index (Phi) is 5.69. The van der Waals surface area contributed by atoms with Crippen LogP contribution in [0.15, 0.2) is 29.5 Å². The molecule has 0 saturated carbocycles. The Hall–Kier alpha value is -2.54. The molecule has 7 nitrogen and oxygen atoms in total. The molecule has 0 spiro atoms. The Balaban J connectivity index is 2.55. The van der Waals surface area contributed by atoms with E-state index in [2.05, 4.69) is 0 Å². The molecule has 7 heteroatoms. The van der Waals surface area contributed by atoms with Gasteiger partial charge in [0.2, 0.25) is 0 Å². The highest BCUT2D eigenvalue weighted by molar-refractivity contribution is 6.08. The topological polar surface area (TPSA) is 80.5 Å². The van der Waals surface area contributed by atoms with Crippen molar-refractivity contribution in [2.45, 2.75) is 13.0 Å². The van der Waals surface area contributed by atoms with Gasteiger partial charge in [0.1, 0.15) is 11.5 Å². The number of carbonyl (C=O) groups is 2. The molecule has 1 atom stereocenters. The molecule has 1 aliphatic rings. The summed E-state index contributed by atoms with van der Waals surface area (Å²) in [4.78, 5) is 27.3. The Labute approximate surface area is 147 Å². The molecule has 1 heterocycles. The number of benzene rings is 1. The minimum Gasteiger partial charge on any atom is -0.503 e. The number of nitrogens with zero attached hydrogens (tertiary/aromatic N) is 1. The lowest BCUT2D eigenvalue weighted by atomic mass is 9.95. The monoisotopic (exact) mass is 349 g/mol. The van der Waals surface area contributed by atoms with Gasteiger partial charge in [-0.1, -0.05) is 0 Å². The van der Waals surface area contributed by atoms with Crippen LogP contribution in [0.1, 0.15) is 18.5 Å². The van der Waals surface area contributed by atoms with E-state index in [1.165, 1.54) is 18.9 Å². The zero-order valence-corrected chi connectivity index (χ0v) is 15.3. The fourth-order valence-electron chi connectivity index (χ4n) is 2.96. The molecule has 136 valence electrons. The van der Waals surface area contributed by atoms with Crippen LogP contribution in [-0.4, -0.2) is 63.1 Å². The van der Waals surface area contributed by atoms with Crippen molar-refractivity contribution in [1.82, 2.24) is 4.90 Å². The maximum Gasteiger partial charge on any atom is 0.290 e. The van der Waals surface area contributed by atoms with Gasteiger partial charge in [-0.3, -0.25) is 9.59 Å². The number of rotatable bonds is 7. The number of ketones is 1. The summed E-state index contributed by atoms with van der Waals surface area (Å²) in [5.41, 5.74) is 0.738. The van der Waals surface area contributed by atoms with Crippen LogP contribution in [0.25, 0.3) is 0 Å². The fraction of sp³-hybridized carbons (Fsp3) is 0.444. The van der Waals surface area contributed by atoms with Crippen LogP contribution in [-0.2, 0) is 9.59 Å². The number of aliphatic hydroxyl groups excluding tert-OH is 1. The van der Waals surface area contributed by atoms with Crippen molar-refractivity contribution in [3.8, 4) is 11.5 Å². The molecule has 0 radical (unpaired) electrons. The number of Topliss-reactive ketones (excluding diaryl/α,β-unsaturated/α-hetero) is 1. The van der Waals surface area contributed by atoms with Gasteiger partial charge in [0.05, 0.1) is 53.0 Å². The Bertz CT molecular complexity index is 711. The molecule has 0 unspecified atom stereocenters. The number of nitrogens with one attached hydrogen (secondary N) is 1. The minimum atomic E-state index is -0.676. The molecule has 1 amide bonds. The molecule has 1 aromatic carbocycles. The number of hydrogen-bond acceptors (Lipinski definition) is 5. The van der Waals surface area contributed by atoms with E-state index in [4.69, 9.17) is 9.47 Å². The number of quaternary nitrogens is 1. The lowest BCUT2D eigenvalue weighted by molar-refractivity contribution is -0.857. The number of methoxy groups -OCH3 is 2. The van der Waals surface area contributed by atoms with Gasteiger partial charge in [-0.05, 0) is 19.1 Å². The van der Waals surface area contributed by atoms with Crippen LogP contribution in [0.3, 0.4) is 0 Å². The van der Waals surface area contributed by atoms with Gasteiger partial charge in [-0.2, -0.15) is 0 Å². The highest BCUT2D eigenvalue weighted by Gasteiger charge is 2.43. The SMILES string of the molecule is COc1ccc([C@@H]2C(C(C)=O)=C(O)C(=O)N2CC[NH+](C)C)c(OC)c1. The van der Waals surface area contributed by atoms with Crippen LogP contribution < -0.4 is 14.4 Å². The van der Waals surface area contributed by atoms with Crippen molar-refractivity contribution in [2.24, 2.45) is 0 Å². The van der Waals surface area contributed by atoms with Gasteiger partial charge < -0.3 is 24.4 Å². The van der Waals surface area contributed by atoms with Crippen LogP contribution >= 0.6 is 0 Å². The van der Waals surface area contributed by atoms with Gasteiger partial charge in [-0.25, -0.2) is 0 Å². The number of hydrogen-bond donors (Lipinski definition) is 2. The molecule has 0 aliphatic carbocycles. The second kappa shape index (κ2) is 7.57. The molecule has 0 bridgehead atoms. The second-order valence-corrected chi connectivity index (χ2v) is 6.28. The fourth-order valence-corrected chi connectivity index (χ4v) is 2.96. The lowest BCUT2D eigenvalue weighted by Crippen LogP contribution is -3.06. The maximum atomic E-state index is 12.5. The molecular weight excluding hydrogens is 324 g/mol. The molecule has 1 aromatic rings. The quantitative estimate of drug-likeness (QED) is 0.732. The van der Waals surface area contributed by atoms with Crippen LogP contribution in [0, 0.1) is 0 Å². The van der Waals surface area contributed by atoms with Crippen LogP contribution in [0.4, 0.5) is 0 Å². The van der Waals surface area contributed by atoms with E-state index in [0.717, 1.165) is 4.90 Å². The summed E-state index contributed by atoms with van der Waals surface area (Å²) < 4.78 is 10.6. The predicted octanol–water partition coefficient (Wildman–Crippen LogP) is 0.133. The van der Waals surface area contributed by atoms with Gasteiger partial charge in [0.15, 0.2) is 11.5 Å². The average molecular weight is 349 g/mol. The van der Waals surface area contributed by atoms with Crippen molar-refractivity contribution in [3.05, 3.63) is 35.1 Å². The molecule has 2 rings (SSSR count). The summed E-state index contributed by atoms with van der Waals surface area (Å²) >= 11 is 0. The first-order valence-electron chi connectivity index (χ1n) is 8.07. The van der Waals surface area contributed by atoms with E-state index in [-0.39, 0.29) is 11.4 Å². The number of likely N-dealkylation sites (N-methyl/N-ethyl adjacent to an activating group) is 1. The molecule has 1 aliphatic heterocycles. The van der Waals surface area contributed by atoms with Crippen LogP contribution in [0.5, 0.6) is 11.5 Å². The summed E-state index contributed by atoms with van der Waals surface area (Å²) in [5, 5.41) is 10.3. The van der Waals surface area contributed by atoms with Crippen molar-refractivity contribution in [2.75, 3.05) is 41.4 Å². The average Bonchev–Trinajstić information content (AvgIpc) is 2.83. The van der Waals surface area contributed by atoms with Crippen molar-refractivity contribution < 1.29 is 29.1 Å². The summed E-state index contributed by atoms with van der Waals surface area (Å²) in [6.45, 7) is 2.43. The molecule has 0 fully saturated rings. The van der Waals surface area contributed by atoms with E-state index < -0.39 is 17.7 Å². The third kappa shape index (κ3) is 3.61. The minimum absolute atomic E-state index is 0.0993. The maximum absolute atomic E-state index is 12.5. The molecule has 25 heavy (non-hydrogen) atoms. The third-order valence-electron chi connectivity index (χ3n) is 4.27. The molecular formula is C18H25N2O5+. The van der Waals surface area contributed by atoms with E-state index >= 15 is 0 Å². The Morgan fingerprint density at radius 2 is 1.96 bits per heavy atom. The zero-order valence-electron chi connectivity index (χ0n) is 15.3. The number of carbonyl (C=O) groups excluding carboxylic acids is 2. The summed E-state index contributed by atoms with van der Waals surface area (Å²) in [6.07, 6.45) is 0.